The van der Waals surface area contributed by atoms with Gasteiger partial charge in [-0.25, -0.2) is 4.79 Å². The van der Waals surface area contributed by atoms with E-state index in [1.807, 2.05) is 48.5 Å². The number of β-amino-alcohol motifs (C(OH)–C–C–N with tert-alkyl or cyclic N) is 1. The zero-order valence-electron chi connectivity index (χ0n) is 17.6. The predicted octanol–water partition coefficient (Wildman–Crippen LogP) is 3.12. The molecule has 4 rings (SSSR count). The largest absolute Gasteiger partial charge is 0.491 e. The first kappa shape index (κ1) is 20.4. The van der Waals surface area contributed by atoms with E-state index in [1.54, 1.807) is 0 Å². The number of hydrogen-bond donors (Lipinski definition) is 2. The fourth-order valence-corrected chi connectivity index (χ4v) is 4.26. The van der Waals surface area contributed by atoms with Gasteiger partial charge in [-0.3, -0.25) is 9.69 Å². The molecule has 1 aliphatic carbocycles. The number of rotatable bonds is 5. The second-order valence-electron chi connectivity index (χ2n) is 9.15. The SMILES string of the molecule is CC(C)(C)c1ccc(OC[C@H](O)CN2C(=O)N[C@]3(CCc4ccccc43)C2=O)cc1. The number of nitrogens with one attached hydrogen (secondary N) is 1. The van der Waals surface area contributed by atoms with Crippen molar-refractivity contribution in [3.63, 3.8) is 0 Å². The van der Waals surface area contributed by atoms with Crippen LogP contribution in [0.3, 0.4) is 0 Å². The maximum Gasteiger partial charge on any atom is 0.325 e. The summed E-state index contributed by atoms with van der Waals surface area (Å²) < 4.78 is 5.67. The third-order valence-corrected chi connectivity index (χ3v) is 5.98. The van der Waals surface area contributed by atoms with E-state index in [9.17, 15) is 14.7 Å². The van der Waals surface area contributed by atoms with E-state index in [4.69, 9.17) is 4.74 Å². The number of aryl methyl sites for hydroxylation is 1. The van der Waals surface area contributed by atoms with Crippen LogP contribution in [0.4, 0.5) is 4.79 Å². The molecule has 0 saturated carbocycles. The number of aliphatic hydroxyl groups excluding tert-OH is 1. The molecular formula is C24H28N2O4. The van der Waals surface area contributed by atoms with Gasteiger partial charge in [-0.2, -0.15) is 0 Å². The summed E-state index contributed by atoms with van der Waals surface area (Å²) in [4.78, 5) is 26.8. The molecule has 0 bridgehead atoms. The Morgan fingerprint density at radius 3 is 2.53 bits per heavy atom. The molecule has 158 valence electrons. The average Bonchev–Trinajstić information content (AvgIpc) is 3.19. The van der Waals surface area contributed by atoms with Gasteiger partial charge in [0.2, 0.25) is 0 Å². The Labute approximate surface area is 176 Å². The lowest BCUT2D eigenvalue weighted by atomic mass is 9.87. The summed E-state index contributed by atoms with van der Waals surface area (Å²) in [5, 5.41) is 13.3. The monoisotopic (exact) mass is 408 g/mol. The summed E-state index contributed by atoms with van der Waals surface area (Å²) in [6.07, 6.45) is 0.306. The number of ether oxygens (including phenoxy) is 1. The van der Waals surface area contributed by atoms with Crippen LogP contribution < -0.4 is 10.1 Å². The molecule has 3 amide bonds. The molecule has 1 aliphatic heterocycles. The van der Waals surface area contributed by atoms with E-state index in [0.29, 0.717) is 12.2 Å². The lowest BCUT2D eigenvalue weighted by Crippen LogP contribution is -2.43. The van der Waals surface area contributed by atoms with E-state index in [0.717, 1.165) is 22.4 Å². The minimum Gasteiger partial charge on any atom is -0.491 e. The van der Waals surface area contributed by atoms with Crippen molar-refractivity contribution in [1.82, 2.24) is 10.2 Å². The van der Waals surface area contributed by atoms with Crippen LogP contribution in [0.15, 0.2) is 48.5 Å². The molecule has 6 nitrogen and oxygen atoms in total. The van der Waals surface area contributed by atoms with Gasteiger partial charge in [-0.1, -0.05) is 57.2 Å². The van der Waals surface area contributed by atoms with E-state index < -0.39 is 17.7 Å². The number of imide groups is 1. The lowest BCUT2D eigenvalue weighted by Gasteiger charge is -2.23. The minimum absolute atomic E-state index is 0.00445. The smallest absolute Gasteiger partial charge is 0.325 e. The highest BCUT2D eigenvalue weighted by Crippen LogP contribution is 2.41. The molecule has 2 N–H and O–H groups in total. The van der Waals surface area contributed by atoms with Crippen molar-refractivity contribution < 1.29 is 19.4 Å². The van der Waals surface area contributed by atoms with Crippen LogP contribution >= 0.6 is 0 Å². The predicted molar refractivity (Wildman–Crippen MR) is 113 cm³/mol. The van der Waals surface area contributed by atoms with Crippen molar-refractivity contribution >= 4 is 11.9 Å². The Bertz CT molecular complexity index is 964. The summed E-state index contributed by atoms with van der Waals surface area (Å²) in [5.41, 5.74) is 2.18. The van der Waals surface area contributed by atoms with Crippen LogP contribution in [0, 0.1) is 0 Å². The van der Waals surface area contributed by atoms with Crippen molar-refractivity contribution in [1.29, 1.82) is 0 Å². The van der Waals surface area contributed by atoms with Crippen LogP contribution in [0.5, 0.6) is 5.75 Å². The number of hydrogen-bond acceptors (Lipinski definition) is 4. The third kappa shape index (κ3) is 3.56. The quantitative estimate of drug-likeness (QED) is 0.745. The van der Waals surface area contributed by atoms with Crippen LogP contribution in [-0.2, 0) is 22.2 Å². The third-order valence-electron chi connectivity index (χ3n) is 5.98. The molecule has 0 radical (unpaired) electrons. The highest BCUT2D eigenvalue weighted by Gasteiger charge is 2.55. The second kappa shape index (κ2) is 7.43. The number of amides is 3. The normalized spacial score (nSPS) is 21.7. The highest BCUT2D eigenvalue weighted by molar-refractivity contribution is 6.08. The Kier molecular flexibility index (Phi) is 5.06. The first-order chi connectivity index (χ1) is 14.2. The molecule has 1 spiro atoms. The topological polar surface area (TPSA) is 78.9 Å². The molecule has 0 unspecified atom stereocenters. The summed E-state index contributed by atoms with van der Waals surface area (Å²) >= 11 is 0. The number of aliphatic hydroxyl groups is 1. The molecule has 1 saturated heterocycles. The van der Waals surface area contributed by atoms with Crippen molar-refractivity contribution in [3.8, 4) is 5.75 Å². The van der Waals surface area contributed by atoms with E-state index in [-0.39, 0.29) is 24.5 Å². The number of urea groups is 1. The van der Waals surface area contributed by atoms with Gasteiger partial charge in [0.05, 0.1) is 6.54 Å². The van der Waals surface area contributed by atoms with Crippen LogP contribution in [0.1, 0.15) is 43.9 Å². The Hall–Kier alpha value is -2.86. The average molecular weight is 408 g/mol. The van der Waals surface area contributed by atoms with Gasteiger partial charge in [0.15, 0.2) is 0 Å². The summed E-state index contributed by atoms with van der Waals surface area (Å²) in [6.45, 7) is 6.31. The fraction of sp³-hybridized carbons (Fsp3) is 0.417. The fourth-order valence-electron chi connectivity index (χ4n) is 4.26. The molecule has 2 aromatic rings. The van der Waals surface area contributed by atoms with Gasteiger partial charge in [0.25, 0.3) is 5.91 Å². The summed E-state index contributed by atoms with van der Waals surface area (Å²) in [6, 6.07) is 15.0. The van der Waals surface area contributed by atoms with Gasteiger partial charge < -0.3 is 15.2 Å². The van der Waals surface area contributed by atoms with Crippen molar-refractivity contribution in [2.24, 2.45) is 0 Å². The molecule has 1 heterocycles. The molecule has 0 aromatic heterocycles. The van der Waals surface area contributed by atoms with Gasteiger partial charge in [0, 0.05) is 0 Å². The molecule has 2 aliphatic rings. The van der Waals surface area contributed by atoms with Crippen LogP contribution in [0.2, 0.25) is 0 Å². The second-order valence-corrected chi connectivity index (χ2v) is 9.15. The maximum atomic E-state index is 13.1. The van der Waals surface area contributed by atoms with Crippen molar-refractivity contribution in [3.05, 3.63) is 65.2 Å². The molecule has 6 heteroatoms. The minimum atomic E-state index is -1.00. The summed E-state index contributed by atoms with van der Waals surface area (Å²) in [5.74, 6) is 0.339. The van der Waals surface area contributed by atoms with E-state index >= 15 is 0 Å². The zero-order chi connectivity index (χ0) is 21.5. The van der Waals surface area contributed by atoms with Crippen molar-refractivity contribution in [2.75, 3.05) is 13.2 Å². The molecular weight excluding hydrogens is 380 g/mol. The first-order valence-electron chi connectivity index (χ1n) is 10.3. The van der Waals surface area contributed by atoms with E-state index in [1.165, 1.54) is 5.56 Å². The maximum absolute atomic E-state index is 13.1. The van der Waals surface area contributed by atoms with E-state index in [2.05, 4.69) is 26.1 Å². The first-order valence-corrected chi connectivity index (χ1v) is 10.3. The number of benzene rings is 2. The number of carbonyl (C=O) groups is 2. The van der Waals surface area contributed by atoms with Gasteiger partial charge in [-0.15, -0.1) is 0 Å². The molecule has 30 heavy (non-hydrogen) atoms. The number of nitrogens with zero attached hydrogens (tertiary/aromatic N) is 1. The highest BCUT2D eigenvalue weighted by atomic mass is 16.5. The van der Waals surface area contributed by atoms with Crippen molar-refractivity contribution in [2.45, 2.75) is 50.7 Å². The Morgan fingerprint density at radius 2 is 1.83 bits per heavy atom. The van der Waals surface area contributed by atoms with Gasteiger partial charge in [0.1, 0.15) is 24.0 Å². The number of carbonyl (C=O) groups excluding carboxylic acids is 2. The zero-order valence-corrected chi connectivity index (χ0v) is 17.6. The Morgan fingerprint density at radius 1 is 1.13 bits per heavy atom. The molecule has 1 fully saturated rings. The lowest BCUT2D eigenvalue weighted by molar-refractivity contribution is -0.132. The molecule has 2 atom stereocenters. The summed E-state index contributed by atoms with van der Waals surface area (Å²) in [7, 11) is 0. The number of fused-ring (bicyclic) bond motifs is 2. The molecule has 2 aromatic carbocycles. The standard InChI is InChI=1S/C24H28N2O4/c1-23(2,3)17-8-10-19(11-9-17)30-15-18(27)14-26-21(28)24(25-22(26)29)13-12-16-6-4-5-7-20(16)24/h4-11,18,27H,12-15H2,1-3H3,(H,25,29)/t18-,24+/m1/s1. The van der Waals surface area contributed by atoms with Crippen LogP contribution in [0.25, 0.3) is 0 Å². The van der Waals surface area contributed by atoms with Gasteiger partial charge in [-0.05, 0) is 47.1 Å². The van der Waals surface area contributed by atoms with Crippen LogP contribution in [-0.4, -0.2) is 41.2 Å². The van der Waals surface area contributed by atoms with Gasteiger partial charge >= 0.3 is 6.03 Å². The Balaban J connectivity index is 1.39.